The average molecular weight is 922 g/mol. The highest BCUT2D eigenvalue weighted by Crippen LogP contribution is 2.45. The molecule has 3 rings (SSSR count). The average Bonchev–Trinajstić information content (AvgIpc) is 3.22. The minimum atomic E-state index is -0.956. The number of esters is 1. The van der Waals surface area contributed by atoms with Crippen LogP contribution in [0.4, 0.5) is 10.5 Å². The fourth-order valence-electron chi connectivity index (χ4n) is 8.75. The van der Waals surface area contributed by atoms with Gasteiger partial charge in [0, 0.05) is 41.2 Å². The van der Waals surface area contributed by atoms with E-state index in [1.54, 1.807) is 19.1 Å². The van der Waals surface area contributed by atoms with Gasteiger partial charge in [0.1, 0.15) is 12.6 Å². The minimum Gasteiger partial charge on any atom is -0.468 e. The first-order valence-electron chi connectivity index (χ1n) is 23.2. The molecule has 66 heavy (non-hydrogen) atoms. The molecule has 2 aromatic carbocycles. The zero-order valence-electron chi connectivity index (χ0n) is 42.8. The molecule has 15 heteroatoms. The van der Waals surface area contributed by atoms with Crippen molar-refractivity contribution in [3.8, 4) is 0 Å². The number of alkyl carbamates (subject to hydrolysis) is 1. The number of anilines is 1. The highest BCUT2D eigenvalue weighted by molar-refractivity contribution is 6.03. The smallest absolute Gasteiger partial charge is 0.407 e. The molecule has 1 atom stereocenters. The van der Waals surface area contributed by atoms with Crippen LogP contribution in [-0.4, -0.2) is 99.2 Å². The van der Waals surface area contributed by atoms with Crippen LogP contribution in [0, 0.1) is 16.2 Å². The molecule has 3 amide bonds. The Morgan fingerprint density at radius 3 is 2.06 bits per heavy atom. The fraction of sp³-hybridized carbons (Fsp3) is 0.647. The van der Waals surface area contributed by atoms with Crippen LogP contribution in [0.1, 0.15) is 138 Å². The maximum Gasteiger partial charge on any atom is 0.407 e. The number of hydrogen-bond donors (Lipinski definition) is 5. The molecule has 0 bridgehead atoms. The molecular weight excluding hydrogens is 839 g/mol. The molecular formula is C51H83N7O8. The minimum absolute atomic E-state index is 0.0449. The number of hydrazine groups is 1. The first kappa shape index (κ1) is 55.6. The summed E-state index contributed by atoms with van der Waals surface area (Å²) in [6.07, 6.45) is 2.95. The molecule has 7 N–H and O–H groups in total. The van der Waals surface area contributed by atoms with E-state index in [0.717, 1.165) is 17.5 Å². The number of benzene rings is 2. The third-order valence-electron chi connectivity index (χ3n) is 13.2. The number of carbonyl (C=O) groups is 4. The Kier molecular flexibility index (Phi) is 19.3. The van der Waals surface area contributed by atoms with E-state index in [4.69, 9.17) is 30.5 Å². The summed E-state index contributed by atoms with van der Waals surface area (Å²) in [7, 11) is 4.76. The van der Waals surface area contributed by atoms with E-state index in [9.17, 15) is 14.4 Å². The normalized spacial score (nSPS) is 15.4. The van der Waals surface area contributed by atoms with Gasteiger partial charge in [0.05, 0.1) is 55.1 Å². The van der Waals surface area contributed by atoms with Crippen LogP contribution in [0.2, 0.25) is 0 Å². The summed E-state index contributed by atoms with van der Waals surface area (Å²) in [5.41, 5.74) is 7.00. The second-order valence-electron chi connectivity index (χ2n) is 21.4. The summed E-state index contributed by atoms with van der Waals surface area (Å²) < 4.78 is 22.3. The lowest BCUT2D eigenvalue weighted by molar-refractivity contribution is -0.144. The number of nitrogens with one attached hydrogen (secondary N) is 3. The molecule has 0 aliphatic carbocycles. The molecule has 0 spiro atoms. The quantitative estimate of drug-likeness (QED) is 0.0301. The molecule has 370 valence electrons. The van der Waals surface area contributed by atoms with Crippen LogP contribution >= 0.6 is 0 Å². The number of likely N-dealkylation sites (N-methyl/N-ethyl adjacent to an activating group) is 1. The Labute approximate surface area is 395 Å². The predicted octanol–water partition coefficient (Wildman–Crippen LogP) is 7.51. The summed E-state index contributed by atoms with van der Waals surface area (Å²) in [5.74, 6) is 6.23. The molecule has 1 aliphatic heterocycles. The van der Waals surface area contributed by atoms with Crippen LogP contribution in [0.5, 0.6) is 0 Å². The molecule has 0 fully saturated rings. The lowest BCUT2D eigenvalue weighted by Crippen LogP contribution is -2.55. The van der Waals surface area contributed by atoms with Crippen molar-refractivity contribution < 1.29 is 38.1 Å². The largest absolute Gasteiger partial charge is 0.468 e. The van der Waals surface area contributed by atoms with Crippen molar-refractivity contribution in [2.45, 2.75) is 151 Å². The summed E-state index contributed by atoms with van der Waals surface area (Å²) in [6.45, 7) is 25.4. The Morgan fingerprint density at radius 2 is 1.44 bits per heavy atom. The Hall–Kier alpha value is -4.70. The van der Waals surface area contributed by atoms with Crippen molar-refractivity contribution in [1.29, 1.82) is 0 Å². The molecule has 1 unspecified atom stereocenters. The number of para-hydroxylation sites is 1. The summed E-state index contributed by atoms with van der Waals surface area (Å²) in [5, 5.41) is 10.5. The van der Waals surface area contributed by atoms with Gasteiger partial charge in [-0.15, -0.1) is 0 Å². The van der Waals surface area contributed by atoms with Gasteiger partial charge in [0.25, 0.3) is 0 Å². The molecule has 2 aromatic rings. The van der Waals surface area contributed by atoms with Crippen molar-refractivity contribution in [3.63, 3.8) is 0 Å². The van der Waals surface area contributed by atoms with Gasteiger partial charge in [-0.2, -0.15) is 0 Å². The SMILES string of the molecule is CNC(CCCCNC(=O)OCCN(N)/C1=C(\N)c2ccccc2CN(C(=O)C(C)(C)CC(C)(C)NC(=O)C(C)(C)CC(C)(C)C(C)(C)OCCC(C)(C)OC)c2ccccc21)C(=O)OC. The van der Waals surface area contributed by atoms with Gasteiger partial charge in [-0.05, 0) is 104 Å². The molecule has 15 nitrogen and oxygen atoms in total. The van der Waals surface area contributed by atoms with E-state index >= 15 is 4.79 Å². The maximum absolute atomic E-state index is 15.1. The van der Waals surface area contributed by atoms with Gasteiger partial charge in [-0.3, -0.25) is 14.4 Å². The van der Waals surface area contributed by atoms with Gasteiger partial charge in [-0.1, -0.05) is 84.0 Å². The van der Waals surface area contributed by atoms with Crippen LogP contribution in [0.25, 0.3) is 11.4 Å². The molecule has 0 saturated heterocycles. The fourth-order valence-corrected chi connectivity index (χ4v) is 8.75. The third-order valence-corrected chi connectivity index (χ3v) is 13.2. The monoisotopic (exact) mass is 922 g/mol. The number of amides is 3. The van der Waals surface area contributed by atoms with Gasteiger partial charge in [0.2, 0.25) is 11.8 Å². The summed E-state index contributed by atoms with van der Waals surface area (Å²) >= 11 is 0. The van der Waals surface area contributed by atoms with Crippen molar-refractivity contribution in [2.75, 3.05) is 52.5 Å². The second kappa shape index (κ2) is 22.9. The lowest BCUT2D eigenvalue weighted by Gasteiger charge is -2.46. The molecule has 0 saturated carbocycles. The molecule has 1 heterocycles. The number of hydrogen-bond acceptors (Lipinski definition) is 12. The van der Waals surface area contributed by atoms with Crippen LogP contribution in [-0.2, 0) is 39.9 Å². The number of methoxy groups -OCH3 is 2. The lowest BCUT2D eigenvalue weighted by atomic mass is 9.66. The number of carbonyl (C=O) groups excluding carboxylic acids is 4. The van der Waals surface area contributed by atoms with Gasteiger partial charge >= 0.3 is 12.1 Å². The number of fused-ring (bicyclic) bond motifs is 2. The molecule has 0 aromatic heterocycles. The van der Waals surface area contributed by atoms with Crippen LogP contribution < -0.4 is 32.4 Å². The van der Waals surface area contributed by atoms with E-state index < -0.39 is 34.1 Å². The second-order valence-corrected chi connectivity index (χ2v) is 21.4. The van der Waals surface area contributed by atoms with E-state index in [-0.39, 0.29) is 48.5 Å². The van der Waals surface area contributed by atoms with E-state index in [0.29, 0.717) is 67.9 Å². The number of ether oxygens (including phenoxy) is 4. The van der Waals surface area contributed by atoms with Gasteiger partial charge < -0.3 is 50.5 Å². The van der Waals surface area contributed by atoms with E-state index in [1.807, 2.05) is 104 Å². The summed E-state index contributed by atoms with van der Waals surface area (Å²) in [4.78, 5) is 55.6. The van der Waals surface area contributed by atoms with Crippen molar-refractivity contribution in [3.05, 3.63) is 65.2 Å². The number of rotatable bonds is 24. The van der Waals surface area contributed by atoms with Crippen molar-refractivity contribution in [1.82, 2.24) is 21.0 Å². The Morgan fingerprint density at radius 1 is 0.818 bits per heavy atom. The Balaban J connectivity index is 1.79. The zero-order valence-corrected chi connectivity index (χ0v) is 42.8. The number of nitrogens with two attached hydrogens (primary N) is 2. The standard InChI is InChI=1S/C51H83N7O8/c1-46(2,33-48(5,6)51(11,12)66-30-27-50(9,10)64-15)43(60)56-49(7,8)34-47(3,4)44(61)57-32-35-22-16-17-23-36(35)40(52)41(37-24-18-19-26-39(37)57)58(53)29-31-65-45(62)55-28-21-20-25-38(54-13)42(59)63-14/h16-19,22-24,26,38,54H,20-21,25,27-34,52-53H2,1-15H3,(H,55,62)(H,56,60)/b41-40-. The topological polar surface area (TPSA) is 200 Å². The molecule has 1 aliphatic rings. The summed E-state index contributed by atoms with van der Waals surface area (Å²) in [6, 6.07) is 14.8. The highest BCUT2D eigenvalue weighted by Gasteiger charge is 2.46. The Bertz CT molecular complexity index is 2010. The molecule has 0 radical (unpaired) electrons. The number of nitrogens with zero attached hydrogens (tertiary/aromatic N) is 2. The van der Waals surface area contributed by atoms with E-state index in [2.05, 4.69) is 43.6 Å². The zero-order chi connectivity index (χ0) is 49.9. The van der Waals surface area contributed by atoms with E-state index in [1.165, 1.54) is 12.1 Å². The number of unbranched alkanes of at least 4 members (excludes halogenated alkanes) is 1. The highest BCUT2D eigenvalue weighted by atomic mass is 16.5. The van der Waals surface area contributed by atoms with Crippen LogP contribution in [0.15, 0.2) is 48.5 Å². The van der Waals surface area contributed by atoms with Crippen molar-refractivity contribution in [2.24, 2.45) is 27.8 Å². The maximum atomic E-state index is 15.1. The van der Waals surface area contributed by atoms with Gasteiger partial charge in [0.15, 0.2) is 0 Å². The first-order chi connectivity index (χ1) is 30.5. The van der Waals surface area contributed by atoms with Crippen molar-refractivity contribution >= 4 is 41.0 Å². The predicted molar refractivity (Wildman–Crippen MR) is 263 cm³/mol. The van der Waals surface area contributed by atoms with Crippen LogP contribution in [0.3, 0.4) is 0 Å². The van der Waals surface area contributed by atoms with Gasteiger partial charge in [-0.25, -0.2) is 10.6 Å². The third kappa shape index (κ3) is 14.9. The first-order valence-corrected chi connectivity index (χ1v) is 23.2.